The summed E-state index contributed by atoms with van der Waals surface area (Å²) in [6, 6.07) is 4.56. The number of benzene rings is 1. The quantitative estimate of drug-likeness (QED) is 0.398. The zero-order chi connectivity index (χ0) is 24.5. The van der Waals surface area contributed by atoms with Gasteiger partial charge in [-0.25, -0.2) is 19.2 Å². The Morgan fingerprint density at radius 1 is 1.24 bits per heavy atom. The van der Waals surface area contributed by atoms with Gasteiger partial charge in [0, 0.05) is 39.1 Å². The zero-order valence-electron chi connectivity index (χ0n) is 19.9. The first-order valence-corrected chi connectivity index (χ1v) is 11.2. The van der Waals surface area contributed by atoms with Crippen molar-refractivity contribution in [2.75, 3.05) is 38.7 Å². The van der Waals surface area contributed by atoms with Crippen LogP contribution in [0.5, 0.6) is 11.6 Å². The van der Waals surface area contributed by atoms with E-state index in [1.807, 2.05) is 0 Å². The van der Waals surface area contributed by atoms with Crippen molar-refractivity contribution in [1.82, 2.24) is 15.0 Å². The molecule has 0 atom stereocenters. The van der Waals surface area contributed by atoms with E-state index in [0.717, 1.165) is 0 Å². The van der Waals surface area contributed by atoms with Crippen molar-refractivity contribution in [2.45, 2.75) is 45.8 Å². The Labute approximate surface area is 198 Å². The number of hydrogen-bond donors (Lipinski definition) is 1. The van der Waals surface area contributed by atoms with Gasteiger partial charge in [0.2, 0.25) is 5.88 Å². The van der Waals surface area contributed by atoms with Crippen molar-refractivity contribution >= 4 is 17.7 Å². The van der Waals surface area contributed by atoms with Crippen LogP contribution in [0.2, 0.25) is 0 Å². The van der Waals surface area contributed by atoms with E-state index < -0.39 is 12.0 Å². The number of nitrogens with zero attached hydrogens (tertiary/aromatic N) is 3. The van der Waals surface area contributed by atoms with E-state index in [0.29, 0.717) is 62.2 Å². The summed E-state index contributed by atoms with van der Waals surface area (Å²) in [6.45, 7) is 7.10. The van der Waals surface area contributed by atoms with Crippen LogP contribution in [0.15, 0.2) is 24.5 Å². The molecule has 0 radical (unpaired) electrons. The summed E-state index contributed by atoms with van der Waals surface area (Å²) in [5, 5.41) is 4.56. The van der Waals surface area contributed by atoms with Crippen LogP contribution in [0.4, 0.5) is 20.7 Å². The lowest BCUT2D eigenvalue weighted by Crippen LogP contribution is -2.40. The minimum atomic E-state index is -0.710. The Bertz CT molecular complexity index is 953. The van der Waals surface area contributed by atoms with E-state index in [2.05, 4.69) is 15.3 Å². The van der Waals surface area contributed by atoms with Crippen LogP contribution in [0, 0.1) is 12.7 Å². The molecule has 0 bridgehead atoms. The maximum atomic E-state index is 14.5. The van der Waals surface area contributed by atoms with E-state index in [1.165, 1.54) is 12.4 Å². The van der Waals surface area contributed by atoms with Gasteiger partial charge in [-0.3, -0.25) is 0 Å². The number of halogens is 1. The van der Waals surface area contributed by atoms with E-state index in [9.17, 15) is 9.18 Å². The summed E-state index contributed by atoms with van der Waals surface area (Å²) in [7, 11) is 1.57. The number of rotatable bonds is 10. The molecule has 1 fully saturated rings. The van der Waals surface area contributed by atoms with Gasteiger partial charge in [0.1, 0.15) is 36.4 Å². The van der Waals surface area contributed by atoms with Gasteiger partial charge >= 0.3 is 6.16 Å². The van der Waals surface area contributed by atoms with Crippen LogP contribution in [-0.2, 0) is 14.3 Å². The lowest BCUT2D eigenvalue weighted by atomic mass is 10.1. The molecular weight excluding hydrogens is 447 g/mol. The largest absolute Gasteiger partial charge is 0.528 e. The monoisotopic (exact) mass is 478 g/mol. The van der Waals surface area contributed by atoms with Gasteiger partial charge in [-0.1, -0.05) is 0 Å². The number of aromatic nitrogens is 2. The van der Waals surface area contributed by atoms with Crippen LogP contribution in [0.25, 0.3) is 0 Å². The Morgan fingerprint density at radius 3 is 2.68 bits per heavy atom. The molecule has 10 nitrogen and oxygen atoms in total. The van der Waals surface area contributed by atoms with Crippen molar-refractivity contribution in [2.24, 2.45) is 0 Å². The Morgan fingerprint density at radius 2 is 2.00 bits per heavy atom. The van der Waals surface area contributed by atoms with Gasteiger partial charge in [-0.05, 0) is 32.9 Å². The molecule has 1 aromatic heterocycles. The van der Waals surface area contributed by atoms with Crippen LogP contribution in [-0.4, -0.2) is 66.8 Å². The fraction of sp³-hybridized carbons (Fsp3) is 0.522. The molecule has 2 heterocycles. The summed E-state index contributed by atoms with van der Waals surface area (Å²) in [5.74, 6) is 0.792. The van der Waals surface area contributed by atoms with Gasteiger partial charge in [-0.15, -0.1) is 5.06 Å². The van der Waals surface area contributed by atoms with Crippen molar-refractivity contribution in [1.29, 1.82) is 0 Å². The number of ether oxygens (including phenoxy) is 4. The van der Waals surface area contributed by atoms with Crippen LogP contribution < -0.4 is 14.8 Å². The second kappa shape index (κ2) is 12.3. The standard InChI is InChI=1S/C23H31FN4O6/c1-15(2)32-23(29)34-28-9-7-17(8-10-28)33-22-16(3)21(25-14-26-22)27-20-6-5-18(13-19(20)24)31-12-11-30-4/h5-6,13-15,17H,7-12H2,1-4H3,(H,25,26,27). The number of carbonyl (C=O) groups is 1. The molecule has 34 heavy (non-hydrogen) atoms. The number of methoxy groups -OCH3 is 1. The van der Waals surface area contributed by atoms with Crippen LogP contribution in [0.3, 0.4) is 0 Å². The maximum Gasteiger partial charge on any atom is 0.528 e. The molecule has 1 aliphatic heterocycles. The predicted octanol–water partition coefficient (Wildman–Crippen LogP) is 4.01. The fourth-order valence-corrected chi connectivity index (χ4v) is 3.25. The Balaban J connectivity index is 1.56. The van der Waals surface area contributed by atoms with Crippen molar-refractivity contribution in [3.05, 3.63) is 35.9 Å². The summed E-state index contributed by atoms with van der Waals surface area (Å²) in [6.07, 6.45) is 1.59. The lowest BCUT2D eigenvalue weighted by Gasteiger charge is -2.30. The maximum absolute atomic E-state index is 14.5. The van der Waals surface area contributed by atoms with Crippen LogP contribution >= 0.6 is 0 Å². The normalized spacial score (nSPS) is 14.6. The number of anilines is 2. The molecule has 1 aliphatic rings. The molecule has 1 N–H and O–H groups in total. The highest BCUT2D eigenvalue weighted by Crippen LogP contribution is 2.29. The van der Waals surface area contributed by atoms with Gasteiger partial charge in [-0.2, -0.15) is 0 Å². The van der Waals surface area contributed by atoms with Gasteiger partial charge in [0.25, 0.3) is 0 Å². The highest BCUT2D eigenvalue weighted by Gasteiger charge is 2.25. The second-order valence-corrected chi connectivity index (χ2v) is 8.01. The van der Waals surface area contributed by atoms with Gasteiger partial charge in [0.15, 0.2) is 0 Å². The minimum Gasteiger partial charge on any atom is -0.491 e. The molecule has 0 spiro atoms. The van der Waals surface area contributed by atoms with E-state index >= 15 is 0 Å². The minimum absolute atomic E-state index is 0.109. The first-order valence-electron chi connectivity index (χ1n) is 11.2. The van der Waals surface area contributed by atoms with E-state index in [1.54, 1.807) is 45.1 Å². The zero-order valence-corrected chi connectivity index (χ0v) is 19.9. The van der Waals surface area contributed by atoms with Crippen LogP contribution in [0.1, 0.15) is 32.3 Å². The summed E-state index contributed by atoms with van der Waals surface area (Å²) >= 11 is 0. The molecule has 11 heteroatoms. The third kappa shape index (κ3) is 7.42. The van der Waals surface area contributed by atoms with Gasteiger partial charge in [0.05, 0.1) is 24.0 Å². The summed E-state index contributed by atoms with van der Waals surface area (Å²) in [4.78, 5) is 25.3. The molecule has 2 aromatic rings. The summed E-state index contributed by atoms with van der Waals surface area (Å²) in [5.41, 5.74) is 0.909. The molecular formula is C23H31FN4O6. The second-order valence-electron chi connectivity index (χ2n) is 8.01. The lowest BCUT2D eigenvalue weighted by molar-refractivity contribution is -0.151. The number of piperidine rings is 1. The molecule has 1 saturated heterocycles. The van der Waals surface area contributed by atoms with Crippen molar-refractivity contribution in [3.63, 3.8) is 0 Å². The SMILES string of the molecule is COCCOc1ccc(Nc2ncnc(OC3CCN(OC(=O)OC(C)C)CC3)c2C)c(F)c1. The van der Waals surface area contributed by atoms with Crippen molar-refractivity contribution in [3.8, 4) is 11.6 Å². The number of hydroxylamine groups is 2. The smallest absolute Gasteiger partial charge is 0.491 e. The fourth-order valence-electron chi connectivity index (χ4n) is 3.25. The highest BCUT2D eigenvalue weighted by atomic mass is 19.1. The molecule has 0 unspecified atom stereocenters. The average Bonchev–Trinajstić information content (AvgIpc) is 2.79. The molecule has 186 valence electrons. The third-order valence-corrected chi connectivity index (χ3v) is 5.00. The molecule has 1 aromatic carbocycles. The average molecular weight is 479 g/mol. The number of nitrogens with one attached hydrogen (secondary N) is 1. The number of hydrogen-bond acceptors (Lipinski definition) is 10. The number of carbonyl (C=O) groups excluding carboxylic acids is 1. The Hall–Kier alpha value is -3.18. The molecule has 0 aliphatic carbocycles. The first kappa shape index (κ1) is 25.4. The third-order valence-electron chi connectivity index (χ3n) is 5.00. The predicted molar refractivity (Wildman–Crippen MR) is 122 cm³/mol. The van der Waals surface area contributed by atoms with Gasteiger partial charge < -0.3 is 29.1 Å². The molecule has 0 amide bonds. The first-order chi connectivity index (χ1) is 16.4. The van der Waals surface area contributed by atoms with Crippen molar-refractivity contribution < 1.29 is 33.0 Å². The highest BCUT2D eigenvalue weighted by molar-refractivity contribution is 5.62. The molecule has 0 saturated carbocycles. The molecule has 3 rings (SSSR count). The Kier molecular flexibility index (Phi) is 9.23. The van der Waals surface area contributed by atoms with E-state index in [-0.39, 0.29) is 17.9 Å². The topological polar surface area (TPSA) is 104 Å². The summed E-state index contributed by atoms with van der Waals surface area (Å²) < 4.78 is 36.0. The van der Waals surface area contributed by atoms with E-state index in [4.69, 9.17) is 23.8 Å².